The Hall–Kier alpha value is -0.820. The Balaban J connectivity index is 3.76. The van der Waals surface area contributed by atoms with Gasteiger partial charge in [-0.1, -0.05) is 6.92 Å². The summed E-state index contributed by atoms with van der Waals surface area (Å²) in [6, 6.07) is 0. The maximum atomic E-state index is 12.0. The number of rotatable bonds is 6. The molecule has 15 heavy (non-hydrogen) atoms. The van der Waals surface area contributed by atoms with E-state index in [-0.39, 0.29) is 18.9 Å². The lowest BCUT2D eigenvalue weighted by Crippen LogP contribution is -2.36. The minimum absolute atomic E-state index is 0.144. The summed E-state index contributed by atoms with van der Waals surface area (Å²) in [5.41, 5.74) is 1.93. The number of halogens is 3. The molecule has 0 bridgehead atoms. The molecule has 0 aromatic heterocycles. The second kappa shape index (κ2) is 6.62. The van der Waals surface area contributed by atoms with Gasteiger partial charge in [0.2, 0.25) is 5.91 Å². The molecular formula is C8H16F3N3O. The van der Waals surface area contributed by atoms with E-state index >= 15 is 0 Å². The van der Waals surface area contributed by atoms with Crippen molar-refractivity contribution >= 4 is 5.91 Å². The molecule has 3 N–H and O–H groups in total. The van der Waals surface area contributed by atoms with Gasteiger partial charge in [-0.05, 0) is 19.5 Å². The van der Waals surface area contributed by atoms with Gasteiger partial charge in [0, 0.05) is 6.42 Å². The molecule has 0 saturated carbocycles. The average Bonchev–Trinajstić information content (AvgIpc) is 2.14. The Morgan fingerprint density at radius 2 is 2.07 bits per heavy atom. The van der Waals surface area contributed by atoms with Crippen LogP contribution in [-0.2, 0) is 4.79 Å². The van der Waals surface area contributed by atoms with Crippen LogP contribution in [-0.4, -0.2) is 36.6 Å². The maximum Gasteiger partial charge on any atom is 0.401 e. The van der Waals surface area contributed by atoms with Crippen molar-refractivity contribution in [2.75, 3.05) is 19.6 Å². The van der Waals surface area contributed by atoms with Crippen molar-refractivity contribution in [3.63, 3.8) is 0 Å². The van der Waals surface area contributed by atoms with Gasteiger partial charge in [-0.2, -0.15) is 13.2 Å². The minimum atomic E-state index is -4.19. The number of alkyl halides is 3. The largest absolute Gasteiger partial charge is 0.401 e. The second-order valence-electron chi connectivity index (χ2n) is 3.16. The molecule has 0 saturated heterocycles. The van der Waals surface area contributed by atoms with E-state index in [2.05, 4.69) is 0 Å². The molecule has 0 atom stereocenters. The highest BCUT2D eigenvalue weighted by Gasteiger charge is 2.29. The van der Waals surface area contributed by atoms with Gasteiger partial charge in [0.25, 0.3) is 0 Å². The molecule has 1 amide bonds. The lowest BCUT2D eigenvalue weighted by molar-refractivity contribution is -0.145. The van der Waals surface area contributed by atoms with Crippen molar-refractivity contribution in [2.24, 2.45) is 5.84 Å². The number of hydrogen-bond donors (Lipinski definition) is 2. The van der Waals surface area contributed by atoms with E-state index < -0.39 is 12.7 Å². The normalized spacial score (nSPS) is 11.9. The molecule has 4 nitrogen and oxygen atoms in total. The number of nitrogens with one attached hydrogen (secondary N) is 1. The first-order valence-electron chi connectivity index (χ1n) is 4.67. The molecule has 0 aliphatic heterocycles. The van der Waals surface area contributed by atoms with Crippen LogP contribution in [0.5, 0.6) is 0 Å². The smallest absolute Gasteiger partial charge is 0.295 e. The van der Waals surface area contributed by atoms with Crippen LogP contribution in [0.3, 0.4) is 0 Å². The standard InChI is InChI=1S/C8H16F3N3O/c1-2-14(6-8(9,10)11)5-3-4-7(15)13-12/h2-6,12H2,1H3,(H,13,15). The molecule has 0 unspecified atom stereocenters. The lowest BCUT2D eigenvalue weighted by atomic mass is 10.3. The van der Waals surface area contributed by atoms with E-state index in [1.54, 1.807) is 6.92 Å². The van der Waals surface area contributed by atoms with E-state index in [1.165, 1.54) is 4.90 Å². The summed E-state index contributed by atoms with van der Waals surface area (Å²) in [6.45, 7) is 1.26. The molecule has 0 aliphatic rings. The van der Waals surface area contributed by atoms with Crippen LogP contribution in [0.4, 0.5) is 13.2 Å². The minimum Gasteiger partial charge on any atom is -0.295 e. The zero-order valence-electron chi connectivity index (χ0n) is 8.60. The predicted molar refractivity (Wildman–Crippen MR) is 49.7 cm³/mol. The Morgan fingerprint density at radius 1 is 1.47 bits per heavy atom. The van der Waals surface area contributed by atoms with Gasteiger partial charge in [-0.25, -0.2) is 5.84 Å². The highest BCUT2D eigenvalue weighted by atomic mass is 19.4. The van der Waals surface area contributed by atoms with Gasteiger partial charge in [0.1, 0.15) is 0 Å². The summed E-state index contributed by atoms with van der Waals surface area (Å²) >= 11 is 0. The van der Waals surface area contributed by atoms with Crippen LogP contribution >= 0.6 is 0 Å². The molecule has 7 heteroatoms. The molecular weight excluding hydrogens is 211 g/mol. The Kier molecular flexibility index (Phi) is 6.26. The molecule has 0 spiro atoms. The number of nitrogens with two attached hydrogens (primary N) is 1. The van der Waals surface area contributed by atoms with Gasteiger partial charge >= 0.3 is 6.18 Å². The third kappa shape index (κ3) is 8.19. The zero-order valence-corrected chi connectivity index (χ0v) is 8.60. The Morgan fingerprint density at radius 3 is 2.47 bits per heavy atom. The fourth-order valence-corrected chi connectivity index (χ4v) is 1.14. The number of amides is 1. The third-order valence-corrected chi connectivity index (χ3v) is 1.89. The predicted octanol–water partition coefficient (Wildman–Crippen LogP) is 0.641. The molecule has 90 valence electrons. The van der Waals surface area contributed by atoms with Crippen molar-refractivity contribution in [1.29, 1.82) is 0 Å². The van der Waals surface area contributed by atoms with E-state index in [0.29, 0.717) is 13.0 Å². The molecule has 0 heterocycles. The van der Waals surface area contributed by atoms with Gasteiger partial charge in [0.05, 0.1) is 6.54 Å². The third-order valence-electron chi connectivity index (χ3n) is 1.89. The summed E-state index contributed by atoms with van der Waals surface area (Å²) in [6.07, 6.45) is -3.68. The SMILES string of the molecule is CCN(CCCC(=O)NN)CC(F)(F)F. The first-order valence-corrected chi connectivity index (χ1v) is 4.67. The van der Waals surface area contributed by atoms with E-state index in [1.807, 2.05) is 5.43 Å². The Bertz CT molecular complexity index is 196. The molecule has 0 rings (SSSR count). The molecule has 0 aliphatic carbocycles. The average molecular weight is 227 g/mol. The summed E-state index contributed by atoms with van der Waals surface area (Å²) in [5.74, 6) is 4.47. The van der Waals surface area contributed by atoms with E-state index in [9.17, 15) is 18.0 Å². The number of hydrazine groups is 1. The zero-order chi connectivity index (χ0) is 11.9. The molecule has 0 aromatic rings. The van der Waals surface area contributed by atoms with E-state index in [4.69, 9.17) is 5.84 Å². The number of hydrogen-bond acceptors (Lipinski definition) is 3. The van der Waals surface area contributed by atoms with Gasteiger partial charge in [-0.3, -0.25) is 15.1 Å². The first kappa shape index (κ1) is 14.2. The van der Waals surface area contributed by atoms with Crippen LogP contribution in [0.15, 0.2) is 0 Å². The van der Waals surface area contributed by atoms with Gasteiger partial charge in [0.15, 0.2) is 0 Å². The van der Waals surface area contributed by atoms with Crippen LogP contribution < -0.4 is 11.3 Å². The first-order chi connectivity index (χ1) is 6.89. The quantitative estimate of drug-likeness (QED) is 0.398. The highest BCUT2D eigenvalue weighted by Crippen LogP contribution is 2.16. The summed E-state index contributed by atoms with van der Waals surface area (Å²) in [7, 11) is 0. The van der Waals surface area contributed by atoms with Crippen molar-refractivity contribution < 1.29 is 18.0 Å². The van der Waals surface area contributed by atoms with E-state index in [0.717, 1.165) is 0 Å². The van der Waals surface area contributed by atoms with Crippen molar-refractivity contribution in [3.05, 3.63) is 0 Å². The van der Waals surface area contributed by atoms with Crippen LogP contribution in [0.1, 0.15) is 19.8 Å². The summed E-state index contributed by atoms with van der Waals surface area (Å²) in [4.78, 5) is 11.9. The summed E-state index contributed by atoms with van der Waals surface area (Å²) < 4.78 is 36.0. The number of nitrogens with zero attached hydrogens (tertiary/aromatic N) is 1. The van der Waals surface area contributed by atoms with Crippen molar-refractivity contribution in [3.8, 4) is 0 Å². The van der Waals surface area contributed by atoms with Gasteiger partial charge in [-0.15, -0.1) is 0 Å². The molecule has 0 fully saturated rings. The molecule has 0 aromatic carbocycles. The number of carbonyl (C=O) groups excluding carboxylic acids is 1. The summed E-state index contributed by atoms with van der Waals surface area (Å²) in [5, 5.41) is 0. The fraction of sp³-hybridized carbons (Fsp3) is 0.875. The number of carbonyl (C=O) groups is 1. The monoisotopic (exact) mass is 227 g/mol. The van der Waals surface area contributed by atoms with Crippen LogP contribution in [0, 0.1) is 0 Å². The van der Waals surface area contributed by atoms with Crippen molar-refractivity contribution in [2.45, 2.75) is 25.9 Å². The second-order valence-corrected chi connectivity index (χ2v) is 3.16. The van der Waals surface area contributed by atoms with Crippen LogP contribution in [0.2, 0.25) is 0 Å². The lowest BCUT2D eigenvalue weighted by Gasteiger charge is -2.21. The van der Waals surface area contributed by atoms with Crippen LogP contribution in [0.25, 0.3) is 0 Å². The Labute approximate surface area is 86.6 Å². The van der Waals surface area contributed by atoms with Crippen molar-refractivity contribution in [1.82, 2.24) is 10.3 Å². The fourth-order valence-electron chi connectivity index (χ4n) is 1.14. The molecule has 0 radical (unpaired) electrons. The topological polar surface area (TPSA) is 58.4 Å². The van der Waals surface area contributed by atoms with Gasteiger partial charge < -0.3 is 0 Å². The maximum absolute atomic E-state index is 12.0. The highest BCUT2D eigenvalue weighted by molar-refractivity contribution is 5.75.